The van der Waals surface area contributed by atoms with Crippen LogP contribution in [-0.4, -0.2) is 72.1 Å². The summed E-state index contributed by atoms with van der Waals surface area (Å²) in [6.07, 6.45) is -0.446. The summed E-state index contributed by atoms with van der Waals surface area (Å²) in [7, 11) is 3.19. The van der Waals surface area contributed by atoms with E-state index < -0.39 is 35.7 Å². The first-order chi connectivity index (χ1) is 16.1. The second-order valence-electron chi connectivity index (χ2n) is 8.63. The first-order valence-corrected chi connectivity index (χ1v) is 11.2. The zero-order valence-electron chi connectivity index (χ0n) is 19.7. The summed E-state index contributed by atoms with van der Waals surface area (Å²) in [4.78, 5) is 27.8. The Morgan fingerprint density at radius 3 is 2.29 bits per heavy atom. The smallest absolute Gasteiger partial charge is 0.252 e. The minimum absolute atomic E-state index is 0.0196. The normalized spacial score (nSPS) is 13.7. The maximum Gasteiger partial charge on any atom is 0.252 e. The molecule has 0 spiro atoms. The predicted octanol–water partition coefficient (Wildman–Crippen LogP) is 1.46. The molecule has 3 atom stereocenters. The van der Waals surface area contributed by atoms with Gasteiger partial charge in [0.1, 0.15) is 17.7 Å². The van der Waals surface area contributed by atoms with E-state index in [1.807, 2.05) is 30.3 Å². The molecule has 0 radical (unpaired) electrons. The molecule has 2 aromatic carbocycles. The number of halogens is 2. The van der Waals surface area contributed by atoms with E-state index in [0.717, 1.165) is 23.8 Å². The summed E-state index contributed by atoms with van der Waals surface area (Å²) in [6.45, 7) is 0.690. The summed E-state index contributed by atoms with van der Waals surface area (Å²) in [5.74, 6) is -1.83. The summed E-state index contributed by atoms with van der Waals surface area (Å²) < 4.78 is 27.1. The van der Waals surface area contributed by atoms with Crippen LogP contribution in [0, 0.1) is 11.6 Å². The molecule has 2 rings (SSSR count). The first kappa shape index (κ1) is 27.4. The van der Waals surface area contributed by atoms with E-state index in [1.54, 1.807) is 14.1 Å². The highest BCUT2D eigenvalue weighted by Gasteiger charge is 2.26. The van der Waals surface area contributed by atoms with Crippen LogP contribution in [0.1, 0.15) is 24.0 Å². The van der Waals surface area contributed by atoms with Crippen molar-refractivity contribution in [1.29, 1.82) is 0 Å². The number of nitrogens with two attached hydrogens (primary N) is 2. The highest BCUT2D eigenvalue weighted by molar-refractivity contribution is 5.81. The third-order valence-corrected chi connectivity index (χ3v) is 5.69. The van der Waals surface area contributed by atoms with E-state index in [9.17, 15) is 23.5 Å². The molecule has 5 N–H and O–H groups in total. The van der Waals surface area contributed by atoms with Gasteiger partial charge in [0.15, 0.2) is 0 Å². The molecule has 0 heterocycles. The molecule has 3 unspecified atom stereocenters. The quantitative estimate of drug-likeness (QED) is 0.429. The summed E-state index contributed by atoms with van der Waals surface area (Å²) in [6, 6.07) is 11.1. The summed E-state index contributed by atoms with van der Waals surface area (Å²) in [5.41, 5.74) is 13.0. The zero-order chi connectivity index (χ0) is 25.3. The van der Waals surface area contributed by atoms with Crippen LogP contribution < -0.4 is 11.5 Å². The number of aliphatic hydroxyl groups excluding tert-OH is 1. The summed E-state index contributed by atoms with van der Waals surface area (Å²) >= 11 is 0. The number of likely N-dealkylation sites (N-methyl/N-ethyl adjacent to an activating group) is 1. The first-order valence-electron chi connectivity index (χ1n) is 11.2. The number of aliphatic hydroxyl groups is 1. The van der Waals surface area contributed by atoms with Gasteiger partial charge < -0.3 is 26.4 Å². The van der Waals surface area contributed by atoms with Crippen LogP contribution in [0.2, 0.25) is 0 Å². The minimum atomic E-state index is -1.33. The molecule has 0 aliphatic carbocycles. The molecule has 0 aromatic heterocycles. The van der Waals surface area contributed by atoms with Crippen molar-refractivity contribution in [2.24, 2.45) is 11.5 Å². The summed E-state index contributed by atoms with van der Waals surface area (Å²) in [5, 5.41) is 10.3. The van der Waals surface area contributed by atoms with Crippen molar-refractivity contribution in [3.63, 3.8) is 0 Å². The van der Waals surface area contributed by atoms with Gasteiger partial charge in [-0.05, 0) is 48.6 Å². The fourth-order valence-corrected chi connectivity index (χ4v) is 3.62. The van der Waals surface area contributed by atoms with Gasteiger partial charge in [0, 0.05) is 45.7 Å². The Balaban J connectivity index is 1.74. The van der Waals surface area contributed by atoms with Gasteiger partial charge >= 0.3 is 0 Å². The molecule has 34 heavy (non-hydrogen) atoms. The molecule has 0 fully saturated rings. The second-order valence-corrected chi connectivity index (χ2v) is 8.63. The van der Waals surface area contributed by atoms with Crippen molar-refractivity contribution >= 4 is 11.8 Å². The second kappa shape index (κ2) is 13.1. The highest BCUT2D eigenvalue weighted by Crippen LogP contribution is 2.13. The van der Waals surface area contributed by atoms with Crippen molar-refractivity contribution in [2.45, 2.75) is 43.9 Å². The van der Waals surface area contributed by atoms with Crippen molar-refractivity contribution < 1.29 is 23.5 Å². The molecule has 9 heteroatoms. The van der Waals surface area contributed by atoms with Gasteiger partial charge in [-0.15, -0.1) is 0 Å². The van der Waals surface area contributed by atoms with E-state index in [1.165, 1.54) is 9.80 Å². The van der Waals surface area contributed by atoms with E-state index in [4.69, 9.17) is 11.5 Å². The Morgan fingerprint density at radius 2 is 1.62 bits per heavy atom. The SMILES string of the molecule is CN(CCCN(C)C(=O)C(O)C(N)Cc1ccccc1)C(=O)CC(N)Cc1cc(F)ccc1F. The van der Waals surface area contributed by atoms with Gasteiger partial charge in [0.2, 0.25) is 5.91 Å². The molecule has 0 aliphatic rings. The Bertz CT molecular complexity index is 945. The van der Waals surface area contributed by atoms with Gasteiger partial charge in [-0.3, -0.25) is 9.59 Å². The molecule has 7 nitrogen and oxygen atoms in total. The number of hydrogen-bond donors (Lipinski definition) is 3. The Morgan fingerprint density at radius 1 is 0.971 bits per heavy atom. The monoisotopic (exact) mass is 476 g/mol. The average molecular weight is 477 g/mol. The largest absolute Gasteiger partial charge is 0.382 e. The molecular formula is C25H34F2N4O3. The number of nitrogens with zero attached hydrogens (tertiary/aromatic N) is 2. The zero-order valence-corrected chi connectivity index (χ0v) is 19.7. The van der Waals surface area contributed by atoms with Crippen molar-refractivity contribution in [2.75, 3.05) is 27.2 Å². The molecule has 186 valence electrons. The maximum absolute atomic E-state index is 13.8. The fourth-order valence-electron chi connectivity index (χ4n) is 3.62. The van der Waals surface area contributed by atoms with Gasteiger partial charge in [-0.2, -0.15) is 0 Å². The number of carbonyl (C=O) groups excluding carboxylic acids is 2. The number of rotatable bonds is 12. The lowest BCUT2D eigenvalue weighted by atomic mass is 10.0. The van der Waals surface area contributed by atoms with Crippen molar-refractivity contribution in [3.05, 3.63) is 71.3 Å². The van der Waals surface area contributed by atoms with Crippen molar-refractivity contribution in [3.8, 4) is 0 Å². The molecule has 0 bridgehead atoms. The van der Waals surface area contributed by atoms with E-state index >= 15 is 0 Å². The standard InChI is InChI=1S/C25H34F2N4O3/c1-30(23(32)16-20(28)15-18-14-19(26)9-10-21(18)27)11-6-12-31(2)25(34)24(33)22(29)13-17-7-4-3-5-8-17/h3-5,7-10,14,20,22,24,33H,6,11-13,15-16,28-29H2,1-2H3. The van der Waals surface area contributed by atoms with Crippen LogP contribution in [0.3, 0.4) is 0 Å². The topological polar surface area (TPSA) is 113 Å². The lowest BCUT2D eigenvalue weighted by Gasteiger charge is -2.25. The van der Waals surface area contributed by atoms with E-state index in [2.05, 4.69) is 0 Å². The van der Waals surface area contributed by atoms with Gasteiger partial charge in [0.05, 0.1) is 0 Å². The van der Waals surface area contributed by atoms with Crippen LogP contribution in [0.5, 0.6) is 0 Å². The third-order valence-electron chi connectivity index (χ3n) is 5.69. The number of hydrogen-bond acceptors (Lipinski definition) is 5. The highest BCUT2D eigenvalue weighted by atomic mass is 19.1. The molecule has 0 saturated heterocycles. The molecule has 0 aliphatic heterocycles. The third kappa shape index (κ3) is 8.48. The van der Waals surface area contributed by atoms with Crippen LogP contribution in [0.15, 0.2) is 48.5 Å². The van der Waals surface area contributed by atoms with E-state index in [-0.39, 0.29) is 24.3 Å². The fraction of sp³-hybridized carbons (Fsp3) is 0.440. The lowest BCUT2D eigenvalue weighted by molar-refractivity contribution is -0.139. The minimum Gasteiger partial charge on any atom is -0.382 e. The molecule has 2 amide bonds. The number of benzene rings is 2. The molecule has 0 saturated carbocycles. The van der Waals surface area contributed by atoms with Gasteiger partial charge in [-0.1, -0.05) is 30.3 Å². The Hall–Kier alpha value is -2.88. The number of carbonyl (C=O) groups is 2. The van der Waals surface area contributed by atoms with Crippen LogP contribution in [-0.2, 0) is 22.4 Å². The molecular weight excluding hydrogens is 442 g/mol. The average Bonchev–Trinajstić information content (AvgIpc) is 2.80. The maximum atomic E-state index is 13.8. The van der Waals surface area contributed by atoms with Crippen LogP contribution in [0.4, 0.5) is 8.78 Å². The van der Waals surface area contributed by atoms with Crippen molar-refractivity contribution in [1.82, 2.24) is 9.80 Å². The Kier molecular flexibility index (Phi) is 10.6. The van der Waals surface area contributed by atoms with E-state index in [0.29, 0.717) is 25.9 Å². The van der Waals surface area contributed by atoms with Gasteiger partial charge in [0.25, 0.3) is 5.91 Å². The molecule has 2 aromatic rings. The Labute approximate surface area is 199 Å². The predicted molar refractivity (Wildman–Crippen MR) is 127 cm³/mol. The van der Waals surface area contributed by atoms with Crippen LogP contribution >= 0.6 is 0 Å². The van der Waals surface area contributed by atoms with Gasteiger partial charge in [-0.25, -0.2) is 8.78 Å². The number of amides is 2. The van der Waals surface area contributed by atoms with Crippen LogP contribution in [0.25, 0.3) is 0 Å². The lowest BCUT2D eigenvalue weighted by Crippen LogP contribution is -2.48.